The number of amides is 1. The third-order valence-corrected chi connectivity index (χ3v) is 7.25. The largest absolute Gasteiger partial charge is 0.462 e. The molecule has 1 atom stereocenters. The minimum atomic E-state index is -0.306. The first-order valence-corrected chi connectivity index (χ1v) is 12.2. The normalized spacial score (nSPS) is 20.8. The Balaban J connectivity index is 1.43. The molecule has 0 bridgehead atoms. The summed E-state index contributed by atoms with van der Waals surface area (Å²) in [5, 5.41) is 0. The van der Waals surface area contributed by atoms with Gasteiger partial charge >= 0.3 is 12.1 Å². The summed E-state index contributed by atoms with van der Waals surface area (Å²) in [6.07, 6.45) is 3.27. The fraction of sp³-hybridized carbons (Fsp3) is 0.680. The fourth-order valence-electron chi connectivity index (χ4n) is 4.75. The van der Waals surface area contributed by atoms with Crippen molar-refractivity contribution in [2.24, 2.45) is 5.41 Å². The van der Waals surface area contributed by atoms with Gasteiger partial charge in [0, 0.05) is 57.9 Å². The number of cyclic esters (lactones) is 1. The van der Waals surface area contributed by atoms with Crippen LogP contribution in [0.4, 0.5) is 10.5 Å². The van der Waals surface area contributed by atoms with Crippen molar-refractivity contribution in [2.75, 3.05) is 50.7 Å². The second-order valence-corrected chi connectivity index (χ2v) is 8.87. The standard InChI is InChI=1S/C25H39N3O4/c1-5-25(6-2)19-22(31-23(25)29)13-14-26-15-17-28(18-16-26)20-9-11-21(12-10-20)32-24(30)27(7-3)8-4/h9-12,22H,5-8,13-19H2,1-4H3. The zero-order valence-electron chi connectivity index (χ0n) is 20.1. The van der Waals surface area contributed by atoms with Crippen molar-refractivity contribution in [3.8, 4) is 5.75 Å². The van der Waals surface area contributed by atoms with E-state index >= 15 is 0 Å². The Morgan fingerprint density at radius 3 is 2.22 bits per heavy atom. The van der Waals surface area contributed by atoms with Gasteiger partial charge in [-0.1, -0.05) is 13.8 Å². The summed E-state index contributed by atoms with van der Waals surface area (Å²) < 4.78 is 11.2. The number of anilines is 1. The summed E-state index contributed by atoms with van der Waals surface area (Å²) in [5.74, 6) is 0.578. The Morgan fingerprint density at radius 2 is 1.69 bits per heavy atom. The highest BCUT2D eigenvalue weighted by atomic mass is 16.6. The van der Waals surface area contributed by atoms with Crippen molar-refractivity contribution < 1.29 is 19.1 Å². The Kier molecular flexibility index (Phi) is 8.40. The molecule has 1 aromatic carbocycles. The lowest BCUT2D eigenvalue weighted by Gasteiger charge is -2.36. The number of rotatable bonds is 9. The third kappa shape index (κ3) is 5.55. The van der Waals surface area contributed by atoms with Gasteiger partial charge in [0.25, 0.3) is 0 Å². The quantitative estimate of drug-likeness (QED) is 0.532. The molecular weight excluding hydrogens is 406 g/mol. The summed E-state index contributed by atoms with van der Waals surface area (Å²) in [6.45, 7) is 14.2. The summed E-state index contributed by atoms with van der Waals surface area (Å²) in [4.78, 5) is 30.9. The van der Waals surface area contributed by atoms with Crippen LogP contribution in [0.2, 0.25) is 0 Å². The molecule has 32 heavy (non-hydrogen) atoms. The molecule has 7 nitrogen and oxygen atoms in total. The predicted octanol–water partition coefficient (Wildman–Crippen LogP) is 4.16. The highest BCUT2D eigenvalue weighted by Crippen LogP contribution is 2.41. The average molecular weight is 446 g/mol. The van der Waals surface area contributed by atoms with Crippen LogP contribution in [0.5, 0.6) is 5.75 Å². The summed E-state index contributed by atoms with van der Waals surface area (Å²) >= 11 is 0. The van der Waals surface area contributed by atoms with Crippen molar-refractivity contribution >= 4 is 17.7 Å². The molecule has 1 amide bonds. The SMILES string of the molecule is CCN(CC)C(=O)Oc1ccc(N2CCN(CCC3CC(CC)(CC)C(=O)O3)CC2)cc1. The van der Waals surface area contributed by atoms with Gasteiger partial charge in [-0.15, -0.1) is 0 Å². The van der Waals surface area contributed by atoms with Gasteiger partial charge in [0.1, 0.15) is 11.9 Å². The number of nitrogens with zero attached hydrogens (tertiary/aromatic N) is 3. The number of benzene rings is 1. The molecule has 2 fully saturated rings. The molecule has 2 aliphatic rings. The smallest absolute Gasteiger partial charge is 0.415 e. The Labute approximate surface area is 192 Å². The van der Waals surface area contributed by atoms with E-state index in [1.165, 1.54) is 0 Å². The highest BCUT2D eigenvalue weighted by molar-refractivity contribution is 5.79. The number of piperazine rings is 1. The van der Waals surface area contributed by atoms with Crippen molar-refractivity contribution in [3.63, 3.8) is 0 Å². The first-order valence-electron chi connectivity index (χ1n) is 12.2. The maximum Gasteiger partial charge on any atom is 0.415 e. The second kappa shape index (κ2) is 11.0. The molecular formula is C25H39N3O4. The van der Waals surface area contributed by atoms with Gasteiger partial charge in [-0.05, 0) is 57.4 Å². The average Bonchev–Trinajstić information content (AvgIpc) is 3.15. The van der Waals surface area contributed by atoms with Crippen LogP contribution in [0.25, 0.3) is 0 Å². The van der Waals surface area contributed by atoms with E-state index in [0.29, 0.717) is 18.8 Å². The maximum absolute atomic E-state index is 12.3. The van der Waals surface area contributed by atoms with Gasteiger partial charge in [-0.3, -0.25) is 9.69 Å². The van der Waals surface area contributed by atoms with Gasteiger partial charge in [-0.2, -0.15) is 0 Å². The van der Waals surface area contributed by atoms with Crippen LogP contribution in [0.3, 0.4) is 0 Å². The number of hydrogen-bond donors (Lipinski definition) is 0. The molecule has 0 aromatic heterocycles. The van der Waals surface area contributed by atoms with Crippen LogP contribution < -0.4 is 9.64 Å². The van der Waals surface area contributed by atoms with Crippen molar-refractivity contribution in [2.45, 2.75) is 59.5 Å². The molecule has 0 saturated carbocycles. The van der Waals surface area contributed by atoms with Crippen molar-refractivity contribution in [1.29, 1.82) is 0 Å². The maximum atomic E-state index is 12.3. The van der Waals surface area contributed by atoms with Crippen LogP contribution in [0, 0.1) is 5.41 Å². The van der Waals surface area contributed by atoms with Crippen molar-refractivity contribution in [3.05, 3.63) is 24.3 Å². The molecule has 1 unspecified atom stereocenters. The number of esters is 1. The van der Waals surface area contributed by atoms with Crippen LogP contribution in [0.1, 0.15) is 53.4 Å². The molecule has 178 valence electrons. The van der Waals surface area contributed by atoms with E-state index in [2.05, 4.69) is 23.6 Å². The van der Waals surface area contributed by atoms with Crippen LogP contribution in [0.15, 0.2) is 24.3 Å². The zero-order chi connectivity index (χ0) is 23.1. The summed E-state index contributed by atoms with van der Waals surface area (Å²) in [6, 6.07) is 7.78. The molecule has 0 spiro atoms. The fourth-order valence-corrected chi connectivity index (χ4v) is 4.75. The molecule has 2 saturated heterocycles. The van der Waals surface area contributed by atoms with E-state index < -0.39 is 0 Å². The lowest BCUT2D eigenvalue weighted by molar-refractivity contribution is -0.149. The number of hydrogen-bond acceptors (Lipinski definition) is 6. The lowest BCUT2D eigenvalue weighted by atomic mass is 9.79. The molecule has 0 radical (unpaired) electrons. The van der Waals surface area contributed by atoms with Crippen LogP contribution >= 0.6 is 0 Å². The van der Waals surface area contributed by atoms with Crippen molar-refractivity contribution in [1.82, 2.24) is 9.80 Å². The van der Waals surface area contributed by atoms with Crippen LogP contribution in [-0.2, 0) is 9.53 Å². The predicted molar refractivity (Wildman–Crippen MR) is 126 cm³/mol. The molecule has 0 aliphatic carbocycles. The third-order valence-electron chi connectivity index (χ3n) is 7.25. The first kappa shape index (κ1) is 24.4. The minimum Gasteiger partial charge on any atom is -0.462 e. The van der Waals surface area contributed by atoms with E-state index in [1.54, 1.807) is 4.90 Å². The molecule has 3 rings (SSSR count). The van der Waals surface area contributed by atoms with E-state index in [0.717, 1.165) is 64.1 Å². The highest BCUT2D eigenvalue weighted by Gasteiger charge is 2.46. The molecule has 1 aromatic rings. The molecule has 2 aliphatic heterocycles. The lowest BCUT2D eigenvalue weighted by Crippen LogP contribution is -2.47. The van der Waals surface area contributed by atoms with Gasteiger partial charge in [-0.25, -0.2) is 4.79 Å². The number of carbonyl (C=O) groups is 2. The van der Waals surface area contributed by atoms with E-state index in [4.69, 9.17) is 9.47 Å². The first-order chi connectivity index (χ1) is 15.4. The minimum absolute atomic E-state index is 0.00328. The molecule has 0 N–H and O–H groups in total. The van der Waals surface area contributed by atoms with Gasteiger partial charge < -0.3 is 19.3 Å². The van der Waals surface area contributed by atoms with Gasteiger partial charge in [0.15, 0.2) is 0 Å². The van der Waals surface area contributed by atoms with E-state index in [9.17, 15) is 9.59 Å². The van der Waals surface area contributed by atoms with E-state index in [-0.39, 0.29) is 23.6 Å². The Morgan fingerprint density at radius 1 is 1.06 bits per heavy atom. The summed E-state index contributed by atoms with van der Waals surface area (Å²) in [7, 11) is 0. The van der Waals surface area contributed by atoms with E-state index in [1.807, 2.05) is 38.1 Å². The monoisotopic (exact) mass is 445 g/mol. The Bertz CT molecular complexity index is 751. The Hall–Kier alpha value is -2.28. The topological polar surface area (TPSA) is 62.3 Å². The van der Waals surface area contributed by atoms with Gasteiger partial charge in [0.2, 0.25) is 0 Å². The second-order valence-electron chi connectivity index (χ2n) is 8.87. The van der Waals surface area contributed by atoms with Crippen LogP contribution in [-0.4, -0.2) is 73.8 Å². The number of carbonyl (C=O) groups excluding carboxylic acids is 2. The molecule has 2 heterocycles. The van der Waals surface area contributed by atoms with Gasteiger partial charge in [0.05, 0.1) is 5.41 Å². The summed E-state index contributed by atoms with van der Waals surface area (Å²) in [5.41, 5.74) is 0.891. The number of ether oxygens (including phenoxy) is 2. The zero-order valence-corrected chi connectivity index (χ0v) is 20.1. The molecule has 7 heteroatoms.